The van der Waals surface area contributed by atoms with Crippen LogP contribution in [0.25, 0.3) is 0 Å². The Labute approximate surface area is 146 Å². The van der Waals surface area contributed by atoms with Crippen molar-refractivity contribution in [1.82, 2.24) is 10.6 Å². The summed E-state index contributed by atoms with van der Waals surface area (Å²) in [5.74, 6) is 0.549. The van der Waals surface area contributed by atoms with Gasteiger partial charge in [0.15, 0.2) is 0 Å². The first-order valence-electron chi connectivity index (χ1n) is 7.68. The van der Waals surface area contributed by atoms with Gasteiger partial charge in [0, 0.05) is 18.4 Å². The van der Waals surface area contributed by atoms with Crippen LogP contribution in [0.3, 0.4) is 0 Å². The maximum atomic E-state index is 12.5. The second-order valence-corrected chi connectivity index (χ2v) is 5.31. The highest BCUT2D eigenvalue weighted by Gasteiger charge is 2.34. The third-order valence-electron chi connectivity index (χ3n) is 3.76. The van der Waals surface area contributed by atoms with Crippen LogP contribution in [0.15, 0.2) is 29.5 Å². The molecule has 25 heavy (non-hydrogen) atoms. The molecule has 136 valence electrons. The molecule has 0 unspecified atom stereocenters. The lowest BCUT2D eigenvalue weighted by Crippen LogP contribution is -2.45. The van der Waals surface area contributed by atoms with E-state index in [1.165, 1.54) is 21.3 Å². The van der Waals surface area contributed by atoms with Crippen LogP contribution >= 0.6 is 0 Å². The number of carbonyl (C=O) groups is 2. The summed E-state index contributed by atoms with van der Waals surface area (Å²) in [4.78, 5) is 24.5. The molecule has 1 aliphatic heterocycles. The molecule has 1 heterocycles. The maximum Gasteiger partial charge on any atom is 0.338 e. The monoisotopic (exact) mass is 350 g/mol. The van der Waals surface area contributed by atoms with Gasteiger partial charge in [-0.3, -0.25) is 0 Å². The van der Waals surface area contributed by atoms with E-state index in [9.17, 15) is 9.59 Å². The molecule has 8 heteroatoms. The number of amides is 2. The molecule has 0 saturated carbocycles. The zero-order valence-corrected chi connectivity index (χ0v) is 14.7. The maximum absolute atomic E-state index is 12.5. The Morgan fingerprint density at radius 2 is 1.92 bits per heavy atom. The molecule has 0 radical (unpaired) electrons. The van der Waals surface area contributed by atoms with Crippen molar-refractivity contribution in [1.29, 1.82) is 0 Å². The number of esters is 1. The van der Waals surface area contributed by atoms with Crippen molar-refractivity contribution >= 4 is 12.0 Å². The Kier molecular flexibility index (Phi) is 6.24. The molecule has 2 amide bonds. The number of rotatable bonds is 7. The molecule has 0 aromatic heterocycles. The quantitative estimate of drug-likeness (QED) is 0.572. The van der Waals surface area contributed by atoms with Gasteiger partial charge in [0.25, 0.3) is 0 Å². The molecule has 0 fully saturated rings. The van der Waals surface area contributed by atoms with Crippen LogP contribution in [0, 0.1) is 0 Å². The molecule has 1 aromatic rings. The molecule has 2 N–H and O–H groups in total. The van der Waals surface area contributed by atoms with Crippen molar-refractivity contribution < 1.29 is 28.5 Å². The summed E-state index contributed by atoms with van der Waals surface area (Å²) in [6.07, 6.45) is 0. The fraction of sp³-hybridized carbons (Fsp3) is 0.412. The molecule has 0 aliphatic carbocycles. The van der Waals surface area contributed by atoms with Gasteiger partial charge in [-0.05, 0) is 25.1 Å². The molecule has 0 spiro atoms. The molecule has 1 atom stereocenters. The molecule has 8 nitrogen and oxygen atoms in total. The SMILES string of the molecule is COCCOC(=O)C1=C(C)NC(=O)N[C@@H]1c1cc(OC)ccc1OC. The van der Waals surface area contributed by atoms with Crippen LogP contribution in [-0.2, 0) is 14.3 Å². The Morgan fingerprint density at radius 1 is 1.16 bits per heavy atom. The third kappa shape index (κ3) is 4.21. The van der Waals surface area contributed by atoms with Crippen LogP contribution in [0.2, 0.25) is 0 Å². The largest absolute Gasteiger partial charge is 0.497 e. The van der Waals surface area contributed by atoms with Gasteiger partial charge in [-0.1, -0.05) is 0 Å². The predicted octanol–water partition coefficient (Wildman–Crippen LogP) is 1.52. The van der Waals surface area contributed by atoms with Crippen molar-refractivity contribution in [2.24, 2.45) is 0 Å². The first kappa shape index (κ1) is 18.6. The van der Waals surface area contributed by atoms with Crippen LogP contribution in [0.5, 0.6) is 11.5 Å². The summed E-state index contributed by atoms with van der Waals surface area (Å²) in [6, 6.07) is 4.02. The van der Waals surface area contributed by atoms with Crippen LogP contribution in [-0.4, -0.2) is 46.5 Å². The number of urea groups is 1. The van der Waals surface area contributed by atoms with Gasteiger partial charge in [0.2, 0.25) is 0 Å². The van der Waals surface area contributed by atoms with E-state index in [-0.39, 0.29) is 13.2 Å². The minimum Gasteiger partial charge on any atom is -0.497 e. The van der Waals surface area contributed by atoms with Crippen molar-refractivity contribution in [2.45, 2.75) is 13.0 Å². The van der Waals surface area contributed by atoms with E-state index in [1.54, 1.807) is 25.1 Å². The number of allylic oxidation sites excluding steroid dienone is 1. The van der Waals surface area contributed by atoms with Crippen LogP contribution < -0.4 is 20.1 Å². The Bertz CT molecular complexity index is 686. The number of methoxy groups -OCH3 is 3. The smallest absolute Gasteiger partial charge is 0.338 e. The van der Waals surface area contributed by atoms with Gasteiger partial charge in [0.05, 0.1) is 32.4 Å². The summed E-state index contributed by atoms with van der Waals surface area (Å²) in [5.41, 5.74) is 1.30. The molecular weight excluding hydrogens is 328 g/mol. The molecular formula is C17H22N2O6. The Morgan fingerprint density at radius 3 is 2.56 bits per heavy atom. The van der Waals surface area contributed by atoms with Crippen molar-refractivity contribution in [3.05, 3.63) is 35.0 Å². The summed E-state index contributed by atoms with van der Waals surface area (Å²) in [6.45, 7) is 2.04. The van der Waals surface area contributed by atoms with Crippen LogP contribution in [0.4, 0.5) is 4.79 Å². The summed E-state index contributed by atoms with van der Waals surface area (Å²) >= 11 is 0. The van der Waals surface area contributed by atoms with Gasteiger partial charge in [-0.15, -0.1) is 0 Å². The fourth-order valence-electron chi connectivity index (χ4n) is 2.56. The molecule has 1 aromatic carbocycles. The standard InChI is InChI=1S/C17H22N2O6/c1-10-14(16(20)25-8-7-22-2)15(19-17(21)18-10)12-9-11(23-3)5-6-13(12)24-4/h5-6,9,15H,7-8H2,1-4H3,(H2,18,19,21)/t15-/m1/s1. The predicted molar refractivity (Wildman–Crippen MR) is 89.5 cm³/mol. The molecule has 1 aliphatic rings. The minimum atomic E-state index is -0.728. The van der Waals surface area contributed by atoms with E-state index in [4.69, 9.17) is 18.9 Å². The van der Waals surface area contributed by atoms with Gasteiger partial charge in [-0.2, -0.15) is 0 Å². The number of benzene rings is 1. The van der Waals surface area contributed by atoms with E-state index in [2.05, 4.69) is 10.6 Å². The van der Waals surface area contributed by atoms with Crippen LogP contribution in [0.1, 0.15) is 18.5 Å². The Balaban J connectivity index is 2.44. The molecule has 0 bridgehead atoms. The van der Waals surface area contributed by atoms with Crippen molar-refractivity contribution in [2.75, 3.05) is 34.5 Å². The second-order valence-electron chi connectivity index (χ2n) is 5.31. The van der Waals surface area contributed by atoms with Gasteiger partial charge in [-0.25, -0.2) is 9.59 Å². The lowest BCUT2D eigenvalue weighted by molar-refractivity contribution is -0.140. The lowest BCUT2D eigenvalue weighted by atomic mass is 9.94. The molecule has 0 saturated heterocycles. The zero-order valence-electron chi connectivity index (χ0n) is 14.7. The number of hydrogen-bond donors (Lipinski definition) is 2. The van der Waals surface area contributed by atoms with Gasteiger partial charge in [0.1, 0.15) is 18.1 Å². The van der Waals surface area contributed by atoms with E-state index < -0.39 is 18.0 Å². The second kappa shape index (κ2) is 8.39. The average molecular weight is 350 g/mol. The number of nitrogens with one attached hydrogen (secondary N) is 2. The third-order valence-corrected chi connectivity index (χ3v) is 3.76. The number of carbonyl (C=O) groups excluding carboxylic acids is 2. The number of ether oxygens (including phenoxy) is 4. The minimum absolute atomic E-state index is 0.113. The normalized spacial score (nSPS) is 16.8. The van der Waals surface area contributed by atoms with Crippen molar-refractivity contribution in [3.63, 3.8) is 0 Å². The highest BCUT2D eigenvalue weighted by molar-refractivity contribution is 5.95. The Hall–Kier alpha value is -2.74. The average Bonchev–Trinajstić information content (AvgIpc) is 2.60. The van der Waals surface area contributed by atoms with Crippen molar-refractivity contribution in [3.8, 4) is 11.5 Å². The summed E-state index contributed by atoms with van der Waals surface area (Å²) in [7, 11) is 4.57. The summed E-state index contributed by atoms with van der Waals surface area (Å²) < 4.78 is 20.7. The van der Waals surface area contributed by atoms with E-state index >= 15 is 0 Å². The van der Waals surface area contributed by atoms with Gasteiger partial charge < -0.3 is 29.6 Å². The number of hydrogen-bond acceptors (Lipinski definition) is 6. The summed E-state index contributed by atoms with van der Waals surface area (Å²) in [5, 5.41) is 5.33. The lowest BCUT2D eigenvalue weighted by Gasteiger charge is -2.29. The van der Waals surface area contributed by atoms with Gasteiger partial charge >= 0.3 is 12.0 Å². The fourth-order valence-corrected chi connectivity index (χ4v) is 2.56. The van der Waals surface area contributed by atoms with E-state index in [1.807, 2.05) is 0 Å². The zero-order chi connectivity index (χ0) is 18.4. The van der Waals surface area contributed by atoms with E-state index in [0.29, 0.717) is 28.3 Å². The highest BCUT2D eigenvalue weighted by Crippen LogP contribution is 2.35. The topological polar surface area (TPSA) is 95.1 Å². The molecule has 2 rings (SSSR count). The first-order chi connectivity index (χ1) is 12.0. The first-order valence-corrected chi connectivity index (χ1v) is 7.68. The highest BCUT2D eigenvalue weighted by atomic mass is 16.6. The van der Waals surface area contributed by atoms with E-state index in [0.717, 1.165) is 0 Å².